The quantitative estimate of drug-likeness (QED) is 0.186. The summed E-state index contributed by atoms with van der Waals surface area (Å²) < 4.78 is 47.4. The highest BCUT2D eigenvalue weighted by Crippen LogP contribution is 2.43. The fourth-order valence-corrected chi connectivity index (χ4v) is 7.59. The van der Waals surface area contributed by atoms with Crippen molar-refractivity contribution in [3.63, 3.8) is 0 Å². The summed E-state index contributed by atoms with van der Waals surface area (Å²) in [5.74, 6) is 1.12. The maximum Gasteiger partial charge on any atom is 0.264 e. The van der Waals surface area contributed by atoms with Gasteiger partial charge in [-0.15, -0.1) is 0 Å². The van der Waals surface area contributed by atoms with Crippen molar-refractivity contribution < 1.29 is 26.7 Å². The van der Waals surface area contributed by atoms with E-state index in [2.05, 4.69) is 49.6 Å². The summed E-state index contributed by atoms with van der Waals surface area (Å²) in [7, 11) is -4.03. The Morgan fingerprint density at radius 1 is 1.12 bits per heavy atom. The van der Waals surface area contributed by atoms with Crippen LogP contribution in [0.25, 0.3) is 27.3 Å². The number of para-hydroxylation sites is 2. The van der Waals surface area contributed by atoms with Crippen molar-refractivity contribution >= 4 is 54.4 Å². The van der Waals surface area contributed by atoms with Gasteiger partial charge < -0.3 is 14.1 Å². The number of benzene rings is 2. The monoisotopic (exact) mass is 577 g/mol. The highest BCUT2D eigenvalue weighted by molar-refractivity contribution is 7.85. The van der Waals surface area contributed by atoms with Crippen molar-refractivity contribution in [2.45, 2.75) is 46.6 Å². The van der Waals surface area contributed by atoms with Crippen LogP contribution in [0.4, 0.5) is 5.69 Å². The lowest BCUT2D eigenvalue weighted by atomic mass is 9.75. The molecule has 7 nitrogen and oxygen atoms in total. The first-order chi connectivity index (χ1) is 19.1. The van der Waals surface area contributed by atoms with Crippen molar-refractivity contribution in [3.8, 4) is 5.75 Å². The van der Waals surface area contributed by atoms with Crippen LogP contribution < -0.4 is 14.2 Å². The van der Waals surface area contributed by atoms with Gasteiger partial charge in [0.1, 0.15) is 16.8 Å². The first-order valence-electron chi connectivity index (χ1n) is 13.6. The molecule has 40 heavy (non-hydrogen) atoms. The molecule has 208 valence electrons. The van der Waals surface area contributed by atoms with Crippen molar-refractivity contribution in [1.29, 1.82) is 0 Å². The number of anilines is 1. The Morgan fingerprint density at radius 2 is 1.95 bits per heavy atom. The Balaban J connectivity index is 1.37. The minimum absolute atomic E-state index is 0.0553. The Labute approximate surface area is 238 Å². The van der Waals surface area contributed by atoms with Crippen molar-refractivity contribution in [2.75, 3.05) is 17.2 Å². The number of furan rings is 1. The Kier molecular flexibility index (Phi) is 6.84. The lowest BCUT2D eigenvalue weighted by Crippen LogP contribution is -2.33. The molecule has 6 rings (SSSR count). The van der Waals surface area contributed by atoms with E-state index in [1.54, 1.807) is 17.6 Å². The first-order valence-corrected chi connectivity index (χ1v) is 16.0. The maximum atomic E-state index is 11.3. The topological polar surface area (TPSA) is 83.9 Å². The second-order valence-corrected chi connectivity index (χ2v) is 13.9. The van der Waals surface area contributed by atoms with E-state index in [1.807, 2.05) is 41.3 Å². The molecule has 0 unspecified atom stereocenters. The molecule has 2 aromatic heterocycles. The molecule has 0 saturated heterocycles. The molecule has 1 aliphatic carbocycles. The van der Waals surface area contributed by atoms with Crippen molar-refractivity contribution in [3.05, 3.63) is 82.9 Å². The highest BCUT2D eigenvalue weighted by Gasteiger charge is 2.30. The van der Waals surface area contributed by atoms with Gasteiger partial charge in [-0.25, -0.2) is 0 Å². The number of aromatic nitrogens is 1. The number of thiazole rings is 1. The summed E-state index contributed by atoms with van der Waals surface area (Å²) >= 11 is 1.80. The summed E-state index contributed by atoms with van der Waals surface area (Å²) in [6.07, 6.45) is 10.5. The molecule has 0 atom stereocenters. The van der Waals surface area contributed by atoms with E-state index in [9.17, 15) is 13.0 Å². The van der Waals surface area contributed by atoms with E-state index in [0.717, 1.165) is 47.4 Å². The van der Waals surface area contributed by atoms with Crippen LogP contribution in [0.15, 0.2) is 82.3 Å². The van der Waals surface area contributed by atoms with Crippen LogP contribution in [0.3, 0.4) is 0 Å². The summed E-state index contributed by atoms with van der Waals surface area (Å²) in [5, 5.41) is 2.34. The van der Waals surface area contributed by atoms with E-state index in [-0.39, 0.29) is 17.6 Å². The fraction of sp³-hybridized carbons (Fsp3) is 0.323. The van der Waals surface area contributed by atoms with Crippen LogP contribution in [0.1, 0.15) is 45.0 Å². The molecule has 9 heteroatoms. The van der Waals surface area contributed by atoms with Gasteiger partial charge in [-0.1, -0.05) is 43.4 Å². The van der Waals surface area contributed by atoms with Crippen LogP contribution in [0.2, 0.25) is 0 Å². The molecule has 3 heterocycles. The van der Waals surface area contributed by atoms with Gasteiger partial charge in [-0.3, -0.25) is 4.55 Å². The van der Waals surface area contributed by atoms with Gasteiger partial charge in [0.25, 0.3) is 15.1 Å². The number of hydrogen-bond donors (Lipinski definition) is 1. The van der Waals surface area contributed by atoms with Crippen LogP contribution in [-0.2, 0) is 16.7 Å². The van der Waals surface area contributed by atoms with Crippen LogP contribution in [0.5, 0.6) is 5.75 Å². The number of hydrogen-bond acceptors (Lipinski definition) is 6. The van der Waals surface area contributed by atoms with Crippen LogP contribution in [0, 0.1) is 5.41 Å². The van der Waals surface area contributed by atoms with E-state index in [4.69, 9.17) is 9.15 Å². The minimum atomic E-state index is -4.03. The average molecular weight is 578 g/mol. The normalized spacial score (nSPS) is 19.0. The van der Waals surface area contributed by atoms with Gasteiger partial charge in [-0.2, -0.15) is 13.0 Å². The third-order valence-corrected chi connectivity index (χ3v) is 9.31. The van der Waals surface area contributed by atoms with Crippen LogP contribution in [-0.4, -0.2) is 25.3 Å². The van der Waals surface area contributed by atoms with Crippen molar-refractivity contribution in [2.24, 2.45) is 5.41 Å². The number of fused-ring (bicyclic) bond motifs is 4. The lowest BCUT2D eigenvalue weighted by Gasteiger charge is -2.30. The molecular formula is C31H33N2O5S2+. The largest absolute Gasteiger partial charge is 0.464 e. The highest BCUT2D eigenvalue weighted by atomic mass is 32.2. The zero-order chi connectivity index (χ0) is 28.1. The molecule has 1 N–H and O–H groups in total. The van der Waals surface area contributed by atoms with Gasteiger partial charge in [0.05, 0.1) is 23.1 Å². The first kappa shape index (κ1) is 26.8. The Bertz CT molecular complexity index is 1810. The zero-order valence-electron chi connectivity index (χ0n) is 22.9. The number of ether oxygens (including phenoxy) is 1. The number of aryl methyl sites for hydroxylation is 1. The predicted octanol–water partition coefficient (Wildman–Crippen LogP) is 7.10. The maximum absolute atomic E-state index is 11.3. The SMILES string of the molecule is CC[n+]1c(/C=C2C=C(/C=C3\Oc4ccccc4N3CCCS(=O)(=O)O)CC(C)(C)C/2)sc2ccc3occc3c21. The number of allylic oxidation sites excluding steroid dienone is 4. The van der Waals surface area contributed by atoms with E-state index in [1.165, 1.54) is 20.8 Å². The Morgan fingerprint density at radius 3 is 2.75 bits per heavy atom. The second kappa shape index (κ2) is 10.2. The third-order valence-electron chi connectivity index (χ3n) is 7.41. The molecule has 0 spiro atoms. The molecule has 0 bridgehead atoms. The number of nitrogens with zero attached hydrogens (tertiary/aromatic N) is 2. The van der Waals surface area contributed by atoms with E-state index in [0.29, 0.717) is 12.4 Å². The molecule has 2 aliphatic rings. The third kappa shape index (κ3) is 5.33. The summed E-state index contributed by atoms with van der Waals surface area (Å²) in [6, 6.07) is 14.0. The molecule has 1 aliphatic heterocycles. The summed E-state index contributed by atoms with van der Waals surface area (Å²) in [5.41, 5.74) is 5.48. The molecule has 0 fully saturated rings. The zero-order valence-corrected chi connectivity index (χ0v) is 24.5. The van der Waals surface area contributed by atoms with E-state index >= 15 is 0 Å². The molecular weight excluding hydrogens is 544 g/mol. The number of rotatable bonds is 7. The van der Waals surface area contributed by atoms with Gasteiger partial charge in [0, 0.05) is 18.7 Å². The van der Waals surface area contributed by atoms with Gasteiger partial charge >= 0.3 is 0 Å². The molecule has 0 amide bonds. The summed E-state index contributed by atoms with van der Waals surface area (Å²) in [4.78, 5) is 2.00. The summed E-state index contributed by atoms with van der Waals surface area (Å²) in [6.45, 7) is 8.03. The van der Waals surface area contributed by atoms with Crippen LogP contribution >= 0.6 is 11.3 Å². The van der Waals surface area contributed by atoms with Gasteiger partial charge in [0.15, 0.2) is 5.75 Å². The van der Waals surface area contributed by atoms with Crippen molar-refractivity contribution in [1.82, 2.24) is 0 Å². The standard InChI is InChI=1S/C31H32N2O5S2/c1-4-32-29(39-27-11-10-25-23(30(27)32)12-14-37-25)18-22-16-21(19-31(2,3)20-22)17-28-33(13-7-15-40(34,35)36)24-8-5-6-9-26(24)38-28/h5-6,8-12,14,16-18H,4,7,13,15,19-20H2,1-3H3/p+1. The smallest absolute Gasteiger partial charge is 0.264 e. The van der Waals surface area contributed by atoms with Gasteiger partial charge in [0.2, 0.25) is 11.4 Å². The van der Waals surface area contributed by atoms with E-state index < -0.39 is 10.1 Å². The molecule has 2 aromatic carbocycles. The minimum Gasteiger partial charge on any atom is -0.464 e. The Hall–Kier alpha value is -3.40. The molecule has 4 aromatic rings. The molecule has 0 radical (unpaired) electrons. The van der Waals surface area contributed by atoms with Gasteiger partial charge in [-0.05, 0) is 73.1 Å². The predicted molar refractivity (Wildman–Crippen MR) is 160 cm³/mol. The second-order valence-electron chi connectivity index (χ2n) is 11.2. The average Bonchev–Trinajstić information content (AvgIpc) is 3.57. The lowest BCUT2D eigenvalue weighted by molar-refractivity contribution is -0.664. The fourth-order valence-electron chi connectivity index (χ4n) is 5.88. The molecule has 0 saturated carbocycles.